The van der Waals surface area contributed by atoms with Gasteiger partial charge in [0.15, 0.2) is 22.2 Å². The Hall–Kier alpha value is -1.45. The summed E-state index contributed by atoms with van der Waals surface area (Å²) in [4.78, 5) is 30.1. The Morgan fingerprint density at radius 2 is 2.27 bits per heavy atom. The van der Waals surface area contributed by atoms with Crippen LogP contribution in [0.1, 0.15) is 19.3 Å². The number of nitrogens with one attached hydrogen (secondary N) is 1. The van der Waals surface area contributed by atoms with Crippen molar-refractivity contribution in [1.29, 1.82) is 0 Å². The van der Waals surface area contributed by atoms with Gasteiger partial charge >= 0.3 is 5.69 Å². The van der Waals surface area contributed by atoms with Gasteiger partial charge in [0, 0.05) is 20.2 Å². The minimum Gasteiger partial charge on any atom is -0.353 e. The molecule has 8 nitrogen and oxygen atoms in total. The van der Waals surface area contributed by atoms with Crippen molar-refractivity contribution in [2.45, 2.75) is 32.1 Å². The van der Waals surface area contributed by atoms with Crippen LogP contribution in [-0.2, 0) is 23.1 Å². The maximum Gasteiger partial charge on any atom is 0.329 e. The van der Waals surface area contributed by atoms with E-state index in [9.17, 15) is 9.59 Å². The molecule has 22 heavy (non-hydrogen) atoms. The van der Waals surface area contributed by atoms with Gasteiger partial charge < -0.3 is 14.0 Å². The molecule has 1 fully saturated rings. The fraction of sp³-hybridized carbons (Fsp3) is 0.615. The van der Waals surface area contributed by atoms with E-state index in [0.717, 1.165) is 25.9 Å². The van der Waals surface area contributed by atoms with Crippen LogP contribution in [0.3, 0.4) is 0 Å². The van der Waals surface area contributed by atoms with Gasteiger partial charge in [-0.25, -0.2) is 9.78 Å². The van der Waals surface area contributed by atoms with Crippen LogP contribution in [0.4, 0.5) is 0 Å². The zero-order valence-electron chi connectivity index (χ0n) is 12.2. The molecule has 1 atom stereocenters. The molecular formula is C13H17BrN4O4. The average molecular weight is 373 g/mol. The van der Waals surface area contributed by atoms with Gasteiger partial charge in [-0.2, -0.15) is 0 Å². The largest absolute Gasteiger partial charge is 0.353 e. The highest BCUT2D eigenvalue weighted by atomic mass is 79.9. The van der Waals surface area contributed by atoms with Crippen molar-refractivity contribution < 1.29 is 9.47 Å². The number of fused-ring (bicyclic) bond motifs is 1. The van der Waals surface area contributed by atoms with E-state index in [1.54, 1.807) is 11.6 Å². The molecule has 0 spiro atoms. The first-order valence-electron chi connectivity index (χ1n) is 7.16. The molecule has 3 heterocycles. The van der Waals surface area contributed by atoms with Crippen molar-refractivity contribution in [3.63, 3.8) is 0 Å². The lowest BCUT2D eigenvalue weighted by molar-refractivity contribution is -0.163. The smallest absolute Gasteiger partial charge is 0.329 e. The van der Waals surface area contributed by atoms with Gasteiger partial charge in [-0.1, -0.05) is 0 Å². The Morgan fingerprint density at radius 1 is 1.45 bits per heavy atom. The van der Waals surface area contributed by atoms with E-state index in [0.29, 0.717) is 29.0 Å². The predicted octanol–water partition coefficient (Wildman–Crippen LogP) is 0.729. The normalized spacial score (nSPS) is 18.9. The van der Waals surface area contributed by atoms with Crippen LogP contribution in [0.25, 0.3) is 11.2 Å². The molecule has 0 bridgehead atoms. The second kappa shape index (κ2) is 6.35. The molecule has 0 radical (unpaired) electrons. The van der Waals surface area contributed by atoms with Gasteiger partial charge in [-0.15, -0.1) is 0 Å². The molecule has 0 saturated carbocycles. The van der Waals surface area contributed by atoms with Crippen LogP contribution in [0, 0.1) is 0 Å². The molecule has 9 heteroatoms. The quantitative estimate of drug-likeness (QED) is 0.798. The summed E-state index contributed by atoms with van der Waals surface area (Å²) in [6.07, 6.45) is 2.89. The van der Waals surface area contributed by atoms with Crippen molar-refractivity contribution in [3.8, 4) is 0 Å². The summed E-state index contributed by atoms with van der Waals surface area (Å²) in [5, 5.41) is 0. The van der Waals surface area contributed by atoms with Crippen LogP contribution in [0.15, 0.2) is 14.3 Å². The highest BCUT2D eigenvalue weighted by Crippen LogP contribution is 2.17. The van der Waals surface area contributed by atoms with Crippen LogP contribution in [-0.4, -0.2) is 38.6 Å². The molecule has 1 unspecified atom stereocenters. The number of H-pyrrole nitrogens is 1. The molecule has 120 valence electrons. The zero-order chi connectivity index (χ0) is 15.7. The molecule has 0 amide bonds. The Kier molecular flexibility index (Phi) is 4.46. The number of aromatic nitrogens is 4. The number of hydrogen-bond donors (Lipinski definition) is 1. The number of hydrogen-bond acceptors (Lipinski definition) is 5. The van der Waals surface area contributed by atoms with Crippen LogP contribution in [0.2, 0.25) is 0 Å². The van der Waals surface area contributed by atoms with Gasteiger partial charge in [0.05, 0.1) is 6.61 Å². The fourth-order valence-electron chi connectivity index (χ4n) is 2.53. The first kappa shape index (κ1) is 15.4. The summed E-state index contributed by atoms with van der Waals surface area (Å²) in [7, 11) is 1.57. The lowest BCUT2D eigenvalue weighted by Crippen LogP contribution is -2.29. The van der Waals surface area contributed by atoms with Crippen molar-refractivity contribution in [1.82, 2.24) is 19.1 Å². The maximum absolute atomic E-state index is 12.0. The molecule has 0 aliphatic carbocycles. The number of ether oxygens (including phenoxy) is 2. The second-order valence-electron chi connectivity index (χ2n) is 5.19. The van der Waals surface area contributed by atoms with Crippen LogP contribution in [0.5, 0.6) is 0 Å². The van der Waals surface area contributed by atoms with E-state index in [1.807, 2.05) is 0 Å². The summed E-state index contributed by atoms with van der Waals surface area (Å²) < 4.78 is 14.7. The minimum atomic E-state index is -0.485. The maximum atomic E-state index is 12.0. The SMILES string of the molecule is Cn1c(=O)[nH]c(=O)c2c1nc(Br)n2CCOC1CCCCO1. The fourth-order valence-corrected chi connectivity index (χ4v) is 3.05. The van der Waals surface area contributed by atoms with E-state index in [-0.39, 0.29) is 6.29 Å². The highest BCUT2D eigenvalue weighted by Gasteiger charge is 2.17. The van der Waals surface area contributed by atoms with Crippen LogP contribution >= 0.6 is 15.9 Å². The number of halogens is 1. The highest BCUT2D eigenvalue weighted by molar-refractivity contribution is 9.10. The molecule has 1 aliphatic rings. The Morgan fingerprint density at radius 3 is 3.00 bits per heavy atom. The van der Waals surface area contributed by atoms with Gasteiger partial charge in [0.1, 0.15) is 0 Å². The molecule has 0 aromatic carbocycles. The third-order valence-corrected chi connectivity index (χ3v) is 4.32. The average Bonchev–Trinajstić information content (AvgIpc) is 2.84. The first-order valence-corrected chi connectivity index (χ1v) is 7.95. The van der Waals surface area contributed by atoms with E-state index in [1.165, 1.54) is 4.57 Å². The summed E-state index contributed by atoms with van der Waals surface area (Å²) in [6, 6.07) is 0. The monoisotopic (exact) mass is 372 g/mol. The van der Waals surface area contributed by atoms with Crippen molar-refractivity contribution >= 4 is 27.1 Å². The van der Waals surface area contributed by atoms with Gasteiger partial charge in [0.2, 0.25) is 0 Å². The van der Waals surface area contributed by atoms with E-state index in [4.69, 9.17) is 9.47 Å². The standard InChI is InChI=1S/C13H17BrN4O4/c1-17-10-9(11(19)16-13(17)20)18(12(14)15-10)5-7-22-8-4-2-3-6-21-8/h8H,2-7H2,1H3,(H,16,19,20). The van der Waals surface area contributed by atoms with Crippen molar-refractivity contribution in [3.05, 3.63) is 25.6 Å². The Labute approximate surface area is 134 Å². The third kappa shape index (κ3) is 2.88. The Bertz CT molecular complexity index is 788. The number of imidazole rings is 1. The number of rotatable bonds is 4. The molecule has 1 aliphatic heterocycles. The summed E-state index contributed by atoms with van der Waals surface area (Å²) in [5.74, 6) is 0. The van der Waals surface area contributed by atoms with Crippen LogP contribution < -0.4 is 11.2 Å². The van der Waals surface area contributed by atoms with E-state index < -0.39 is 11.2 Å². The summed E-state index contributed by atoms with van der Waals surface area (Å²) in [5.41, 5.74) is -0.247. The van der Waals surface area contributed by atoms with Gasteiger partial charge in [-0.3, -0.25) is 14.3 Å². The van der Waals surface area contributed by atoms with E-state index in [2.05, 4.69) is 25.9 Å². The molecule has 2 aromatic rings. The lowest BCUT2D eigenvalue weighted by Gasteiger charge is -2.22. The van der Waals surface area contributed by atoms with Crippen molar-refractivity contribution in [2.75, 3.05) is 13.2 Å². The third-order valence-electron chi connectivity index (χ3n) is 3.72. The molecular weight excluding hydrogens is 356 g/mol. The number of aromatic amines is 1. The van der Waals surface area contributed by atoms with Gasteiger partial charge in [-0.05, 0) is 35.2 Å². The van der Waals surface area contributed by atoms with E-state index >= 15 is 0 Å². The molecule has 2 aromatic heterocycles. The predicted molar refractivity (Wildman–Crippen MR) is 82.8 cm³/mol. The zero-order valence-corrected chi connectivity index (χ0v) is 13.8. The summed E-state index contributed by atoms with van der Waals surface area (Å²) >= 11 is 3.33. The van der Waals surface area contributed by atoms with Gasteiger partial charge in [0.25, 0.3) is 5.56 Å². The number of aryl methyl sites for hydroxylation is 1. The Balaban J connectivity index is 1.81. The topological polar surface area (TPSA) is 91.1 Å². The van der Waals surface area contributed by atoms with Crippen molar-refractivity contribution in [2.24, 2.45) is 7.05 Å². The second-order valence-corrected chi connectivity index (χ2v) is 5.90. The molecule has 3 rings (SSSR count). The molecule has 1 saturated heterocycles. The first-order chi connectivity index (χ1) is 10.6. The summed E-state index contributed by atoms with van der Waals surface area (Å²) in [6.45, 7) is 1.57. The lowest BCUT2D eigenvalue weighted by atomic mass is 10.2. The minimum absolute atomic E-state index is 0.176. The number of nitrogens with zero attached hydrogens (tertiary/aromatic N) is 3. The molecule has 1 N–H and O–H groups in total.